The summed E-state index contributed by atoms with van der Waals surface area (Å²) in [5.74, 6) is 0.358. The first-order chi connectivity index (χ1) is 8.85. The van der Waals surface area contributed by atoms with Gasteiger partial charge in [-0.25, -0.2) is 18.1 Å². The highest BCUT2D eigenvalue weighted by Gasteiger charge is 2.11. The van der Waals surface area contributed by atoms with E-state index in [1.165, 1.54) is 6.07 Å². The molecule has 0 saturated heterocycles. The van der Waals surface area contributed by atoms with Gasteiger partial charge in [-0.1, -0.05) is 6.92 Å². The summed E-state index contributed by atoms with van der Waals surface area (Å²) in [5.41, 5.74) is 0.498. The van der Waals surface area contributed by atoms with E-state index < -0.39 is 14.9 Å². The van der Waals surface area contributed by atoms with Crippen LogP contribution in [0.5, 0.6) is 0 Å². The number of hydrogen-bond donors (Lipinski definition) is 2. The van der Waals surface area contributed by atoms with Crippen molar-refractivity contribution in [3.63, 3.8) is 0 Å². The number of anilines is 1. The van der Waals surface area contributed by atoms with Crippen molar-refractivity contribution in [1.29, 1.82) is 0 Å². The first-order valence-electron chi connectivity index (χ1n) is 5.68. The van der Waals surface area contributed by atoms with Gasteiger partial charge in [0.05, 0.1) is 10.7 Å². The summed E-state index contributed by atoms with van der Waals surface area (Å²) in [7, 11) is -3.28. The second-order valence-corrected chi connectivity index (χ2v) is 5.79. The molecule has 9 heteroatoms. The molecule has 0 bridgehead atoms. The Morgan fingerprint density at radius 2 is 2.16 bits per heavy atom. The fourth-order valence-corrected chi connectivity index (χ4v) is 2.40. The topological polar surface area (TPSA) is 114 Å². The number of rotatable bonds is 7. The average molecular weight is 288 g/mol. The minimum absolute atomic E-state index is 0.0844. The van der Waals surface area contributed by atoms with E-state index in [2.05, 4.69) is 15.0 Å². The van der Waals surface area contributed by atoms with E-state index in [1.807, 2.05) is 0 Å². The third-order valence-corrected chi connectivity index (χ3v) is 3.77. The standard InChI is InChI=1S/C10H16N4O4S/c1-3-13-19(17,18)5-4-11-10-8(2)6-9(7-12-10)14(15)16/h6-7,13H,3-5H2,1-2H3,(H,11,12). The molecule has 0 fully saturated rings. The van der Waals surface area contributed by atoms with Gasteiger partial charge in [-0.15, -0.1) is 0 Å². The maximum absolute atomic E-state index is 11.4. The van der Waals surface area contributed by atoms with Gasteiger partial charge in [0.15, 0.2) is 0 Å². The van der Waals surface area contributed by atoms with Gasteiger partial charge >= 0.3 is 0 Å². The fourth-order valence-electron chi connectivity index (χ4n) is 1.44. The molecule has 2 N–H and O–H groups in total. The normalized spacial score (nSPS) is 11.3. The maximum Gasteiger partial charge on any atom is 0.287 e. The summed E-state index contributed by atoms with van der Waals surface area (Å²) in [6, 6.07) is 1.38. The molecule has 0 saturated carbocycles. The number of nitro groups is 1. The van der Waals surface area contributed by atoms with Gasteiger partial charge in [0.25, 0.3) is 5.69 Å². The van der Waals surface area contributed by atoms with Crippen LogP contribution in [0.15, 0.2) is 12.3 Å². The summed E-state index contributed by atoms with van der Waals surface area (Å²) in [6.07, 6.45) is 1.13. The highest BCUT2D eigenvalue weighted by Crippen LogP contribution is 2.17. The summed E-state index contributed by atoms with van der Waals surface area (Å²) >= 11 is 0. The lowest BCUT2D eigenvalue weighted by Crippen LogP contribution is -2.29. The quantitative estimate of drug-likeness (QED) is 0.562. The highest BCUT2D eigenvalue weighted by molar-refractivity contribution is 7.89. The molecule has 0 aliphatic heterocycles. The van der Waals surface area contributed by atoms with Crippen LogP contribution < -0.4 is 10.0 Å². The van der Waals surface area contributed by atoms with Crippen LogP contribution in [-0.4, -0.2) is 37.2 Å². The van der Waals surface area contributed by atoms with Crippen LogP contribution in [-0.2, 0) is 10.0 Å². The Morgan fingerprint density at radius 1 is 1.47 bits per heavy atom. The molecule has 1 aromatic rings. The predicted octanol–water partition coefficient (Wildman–Crippen LogP) is 0.649. The molecule has 8 nitrogen and oxygen atoms in total. The molecular formula is C10H16N4O4S. The zero-order valence-corrected chi connectivity index (χ0v) is 11.5. The number of hydrogen-bond acceptors (Lipinski definition) is 6. The number of pyridine rings is 1. The minimum atomic E-state index is -3.28. The highest BCUT2D eigenvalue weighted by atomic mass is 32.2. The Hall–Kier alpha value is -1.74. The van der Waals surface area contributed by atoms with Gasteiger partial charge in [0.2, 0.25) is 10.0 Å². The molecule has 1 rings (SSSR count). The summed E-state index contributed by atoms with van der Waals surface area (Å²) in [4.78, 5) is 13.9. The second kappa shape index (κ2) is 6.43. The van der Waals surface area contributed by atoms with Crippen molar-refractivity contribution in [3.8, 4) is 0 Å². The van der Waals surface area contributed by atoms with E-state index in [0.29, 0.717) is 17.9 Å². The Balaban J connectivity index is 2.62. The van der Waals surface area contributed by atoms with Crippen LogP contribution in [0.4, 0.5) is 11.5 Å². The van der Waals surface area contributed by atoms with E-state index in [0.717, 1.165) is 6.20 Å². The smallest absolute Gasteiger partial charge is 0.287 e. The molecule has 0 atom stereocenters. The summed E-state index contributed by atoms with van der Waals surface area (Å²) < 4.78 is 25.1. The fraction of sp³-hybridized carbons (Fsp3) is 0.500. The molecule has 0 aliphatic rings. The minimum Gasteiger partial charge on any atom is -0.369 e. The van der Waals surface area contributed by atoms with Gasteiger partial charge < -0.3 is 5.32 Å². The number of nitrogens with zero attached hydrogens (tertiary/aromatic N) is 2. The molecule has 19 heavy (non-hydrogen) atoms. The van der Waals surface area contributed by atoms with E-state index in [-0.39, 0.29) is 18.0 Å². The second-order valence-electron chi connectivity index (χ2n) is 3.86. The summed E-state index contributed by atoms with van der Waals surface area (Å²) in [5, 5.41) is 13.4. The van der Waals surface area contributed by atoms with Crippen molar-refractivity contribution in [2.45, 2.75) is 13.8 Å². The SMILES string of the molecule is CCNS(=O)(=O)CCNc1ncc([N+](=O)[O-])cc1C. The molecule has 0 aromatic carbocycles. The zero-order chi connectivity index (χ0) is 14.5. The Morgan fingerprint density at radius 3 is 2.68 bits per heavy atom. The van der Waals surface area contributed by atoms with Crippen molar-refractivity contribution in [2.24, 2.45) is 0 Å². The number of aryl methyl sites for hydroxylation is 1. The Labute approximate surface area is 111 Å². The molecule has 1 aromatic heterocycles. The van der Waals surface area contributed by atoms with Gasteiger partial charge in [0.1, 0.15) is 12.0 Å². The number of nitrogens with one attached hydrogen (secondary N) is 2. The van der Waals surface area contributed by atoms with Gasteiger partial charge in [-0.05, 0) is 12.5 Å². The van der Waals surface area contributed by atoms with Crippen molar-refractivity contribution in [3.05, 3.63) is 27.9 Å². The lowest BCUT2D eigenvalue weighted by Gasteiger charge is -2.08. The van der Waals surface area contributed by atoms with Crippen LogP contribution >= 0.6 is 0 Å². The molecule has 0 aliphatic carbocycles. The lowest BCUT2D eigenvalue weighted by molar-refractivity contribution is -0.385. The first-order valence-corrected chi connectivity index (χ1v) is 7.33. The van der Waals surface area contributed by atoms with Crippen molar-refractivity contribution < 1.29 is 13.3 Å². The third-order valence-electron chi connectivity index (χ3n) is 2.30. The molecular weight excluding hydrogens is 272 g/mol. The van der Waals surface area contributed by atoms with E-state index >= 15 is 0 Å². The van der Waals surface area contributed by atoms with E-state index in [9.17, 15) is 18.5 Å². The third kappa shape index (κ3) is 4.79. The monoisotopic (exact) mass is 288 g/mol. The van der Waals surface area contributed by atoms with Gasteiger partial charge in [-0.3, -0.25) is 10.1 Å². The van der Waals surface area contributed by atoms with Crippen LogP contribution in [0.1, 0.15) is 12.5 Å². The lowest BCUT2D eigenvalue weighted by atomic mass is 10.2. The maximum atomic E-state index is 11.4. The number of aromatic nitrogens is 1. The van der Waals surface area contributed by atoms with Crippen LogP contribution in [0.2, 0.25) is 0 Å². The van der Waals surface area contributed by atoms with E-state index in [1.54, 1.807) is 13.8 Å². The molecule has 0 unspecified atom stereocenters. The molecule has 1 heterocycles. The van der Waals surface area contributed by atoms with Crippen molar-refractivity contribution in [2.75, 3.05) is 24.2 Å². The van der Waals surface area contributed by atoms with Crippen molar-refractivity contribution in [1.82, 2.24) is 9.71 Å². The largest absolute Gasteiger partial charge is 0.369 e. The average Bonchev–Trinajstić information content (AvgIpc) is 2.30. The molecule has 106 valence electrons. The van der Waals surface area contributed by atoms with Crippen LogP contribution in [0.25, 0.3) is 0 Å². The molecule has 0 radical (unpaired) electrons. The number of sulfonamides is 1. The predicted molar refractivity (Wildman–Crippen MR) is 71.6 cm³/mol. The molecule has 0 spiro atoms. The van der Waals surface area contributed by atoms with Gasteiger partial charge in [0, 0.05) is 19.2 Å². The van der Waals surface area contributed by atoms with Gasteiger partial charge in [-0.2, -0.15) is 0 Å². The van der Waals surface area contributed by atoms with Crippen LogP contribution in [0, 0.1) is 17.0 Å². The Bertz CT molecular complexity index is 559. The van der Waals surface area contributed by atoms with Crippen molar-refractivity contribution >= 4 is 21.5 Å². The zero-order valence-electron chi connectivity index (χ0n) is 10.7. The summed E-state index contributed by atoms with van der Waals surface area (Å²) in [6.45, 7) is 3.90. The first kappa shape index (κ1) is 15.3. The van der Waals surface area contributed by atoms with E-state index in [4.69, 9.17) is 0 Å². The van der Waals surface area contributed by atoms with Crippen LogP contribution in [0.3, 0.4) is 0 Å². The molecule has 0 amide bonds. The Kier molecular flexibility index (Phi) is 5.19.